The Labute approximate surface area is 163 Å². The lowest BCUT2D eigenvalue weighted by atomic mass is 10.2. The van der Waals surface area contributed by atoms with Crippen LogP contribution in [0.25, 0.3) is 0 Å². The molecule has 148 valence electrons. The molecule has 2 rings (SSSR count). The molecule has 8 heteroatoms. The van der Waals surface area contributed by atoms with Gasteiger partial charge in [-0.15, -0.1) is 0 Å². The number of amides is 2. The van der Waals surface area contributed by atoms with Crippen molar-refractivity contribution < 1.29 is 14.5 Å². The van der Waals surface area contributed by atoms with Gasteiger partial charge in [0.2, 0.25) is 5.91 Å². The molecule has 0 saturated heterocycles. The smallest absolute Gasteiger partial charge is 0.269 e. The van der Waals surface area contributed by atoms with Crippen LogP contribution in [0.2, 0.25) is 0 Å². The van der Waals surface area contributed by atoms with E-state index in [9.17, 15) is 19.7 Å². The third kappa shape index (κ3) is 5.80. The lowest BCUT2D eigenvalue weighted by Crippen LogP contribution is -2.27. The van der Waals surface area contributed by atoms with Crippen LogP contribution in [0, 0.1) is 10.1 Å². The highest BCUT2D eigenvalue weighted by atomic mass is 16.6. The molecule has 2 N–H and O–H groups in total. The molecular formula is C20H24N4O4. The van der Waals surface area contributed by atoms with Gasteiger partial charge in [-0.2, -0.15) is 0 Å². The fraction of sp³-hybridized carbons (Fsp3) is 0.300. The fourth-order valence-electron chi connectivity index (χ4n) is 2.69. The van der Waals surface area contributed by atoms with Crippen LogP contribution >= 0.6 is 0 Å². The first-order valence-electron chi connectivity index (χ1n) is 9.12. The van der Waals surface area contributed by atoms with Crippen LogP contribution in [0.1, 0.15) is 30.6 Å². The van der Waals surface area contributed by atoms with Crippen LogP contribution in [-0.4, -0.2) is 36.4 Å². The summed E-state index contributed by atoms with van der Waals surface area (Å²) in [6.07, 6.45) is 0.122. The minimum absolute atomic E-state index is 0.0806. The van der Waals surface area contributed by atoms with Gasteiger partial charge < -0.3 is 15.5 Å². The Morgan fingerprint density at radius 2 is 1.61 bits per heavy atom. The summed E-state index contributed by atoms with van der Waals surface area (Å²) in [5, 5.41) is 16.0. The van der Waals surface area contributed by atoms with E-state index in [0.717, 1.165) is 18.8 Å². The number of hydrogen-bond acceptors (Lipinski definition) is 5. The number of nitrogens with one attached hydrogen (secondary N) is 2. The van der Waals surface area contributed by atoms with Crippen LogP contribution in [0.5, 0.6) is 0 Å². The molecule has 0 unspecified atom stereocenters. The van der Waals surface area contributed by atoms with Crippen molar-refractivity contribution in [1.29, 1.82) is 0 Å². The Hall–Kier alpha value is -3.42. The standard InChI is InChI=1S/C20H24N4O4/c1-3-23(4-2)17-11-7-16(8-12-17)22-19(25)13-14-21-20(26)15-5-9-18(10-6-15)24(27)28/h5-12H,3-4,13-14H2,1-2H3,(H,21,26)(H,22,25). The van der Waals surface area contributed by atoms with Crippen LogP contribution in [0.3, 0.4) is 0 Å². The van der Waals surface area contributed by atoms with E-state index in [4.69, 9.17) is 0 Å². The highest BCUT2D eigenvalue weighted by molar-refractivity contribution is 5.95. The molecule has 0 spiro atoms. The van der Waals surface area contributed by atoms with Crippen molar-refractivity contribution in [2.24, 2.45) is 0 Å². The summed E-state index contributed by atoms with van der Waals surface area (Å²) in [5.74, 6) is -0.592. The van der Waals surface area contributed by atoms with Gasteiger partial charge in [-0.3, -0.25) is 19.7 Å². The van der Waals surface area contributed by atoms with Crippen molar-refractivity contribution in [1.82, 2.24) is 5.32 Å². The van der Waals surface area contributed by atoms with E-state index >= 15 is 0 Å². The van der Waals surface area contributed by atoms with Crippen LogP contribution in [-0.2, 0) is 4.79 Å². The lowest BCUT2D eigenvalue weighted by molar-refractivity contribution is -0.384. The molecule has 0 aliphatic heterocycles. The molecule has 2 aromatic carbocycles. The van der Waals surface area contributed by atoms with Gasteiger partial charge in [0.05, 0.1) is 4.92 Å². The molecule has 0 fully saturated rings. The third-order valence-electron chi connectivity index (χ3n) is 4.26. The highest BCUT2D eigenvalue weighted by Gasteiger charge is 2.10. The molecule has 0 atom stereocenters. The Balaban J connectivity index is 1.79. The zero-order valence-electron chi connectivity index (χ0n) is 16.0. The molecule has 0 heterocycles. The Morgan fingerprint density at radius 3 is 2.14 bits per heavy atom. The maximum absolute atomic E-state index is 12.0. The number of carbonyl (C=O) groups excluding carboxylic acids is 2. The second-order valence-corrected chi connectivity index (χ2v) is 6.08. The minimum Gasteiger partial charge on any atom is -0.372 e. The van der Waals surface area contributed by atoms with E-state index in [1.54, 1.807) is 0 Å². The number of hydrogen-bond donors (Lipinski definition) is 2. The normalized spacial score (nSPS) is 10.2. The van der Waals surface area contributed by atoms with Gasteiger partial charge >= 0.3 is 0 Å². The summed E-state index contributed by atoms with van der Waals surface area (Å²) in [4.78, 5) is 36.3. The summed E-state index contributed by atoms with van der Waals surface area (Å²) in [6, 6.07) is 12.9. The van der Waals surface area contributed by atoms with Crippen LogP contribution < -0.4 is 15.5 Å². The molecule has 0 saturated carbocycles. The van der Waals surface area contributed by atoms with Gasteiger partial charge in [0.1, 0.15) is 0 Å². The van der Waals surface area contributed by atoms with Gasteiger partial charge in [-0.1, -0.05) is 0 Å². The summed E-state index contributed by atoms with van der Waals surface area (Å²) in [7, 11) is 0. The van der Waals surface area contributed by atoms with Crippen molar-refractivity contribution in [3.63, 3.8) is 0 Å². The molecule has 28 heavy (non-hydrogen) atoms. The van der Waals surface area contributed by atoms with Crippen molar-refractivity contribution in [2.45, 2.75) is 20.3 Å². The SMILES string of the molecule is CCN(CC)c1ccc(NC(=O)CCNC(=O)c2ccc([N+](=O)[O-])cc2)cc1. The van der Waals surface area contributed by atoms with E-state index in [1.807, 2.05) is 24.3 Å². The Morgan fingerprint density at radius 1 is 1.00 bits per heavy atom. The van der Waals surface area contributed by atoms with Crippen molar-refractivity contribution in [3.05, 3.63) is 64.2 Å². The number of anilines is 2. The Bertz CT molecular complexity index is 815. The minimum atomic E-state index is -0.527. The molecule has 0 bridgehead atoms. The number of non-ortho nitro benzene ring substituents is 1. The van der Waals surface area contributed by atoms with Gasteiger partial charge in [-0.25, -0.2) is 0 Å². The van der Waals surface area contributed by atoms with Gasteiger partial charge in [0, 0.05) is 55.1 Å². The first-order chi connectivity index (χ1) is 13.4. The predicted molar refractivity (Wildman–Crippen MR) is 109 cm³/mol. The van der Waals surface area contributed by atoms with Crippen molar-refractivity contribution in [3.8, 4) is 0 Å². The van der Waals surface area contributed by atoms with Crippen molar-refractivity contribution in [2.75, 3.05) is 29.9 Å². The summed E-state index contributed by atoms with van der Waals surface area (Å²) in [5.41, 5.74) is 2.02. The third-order valence-corrected chi connectivity index (χ3v) is 4.26. The maximum Gasteiger partial charge on any atom is 0.269 e. The quantitative estimate of drug-likeness (QED) is 0.510. The molecule has 0 aliphatic carbocycles. The average molecular weight is 384 g/mol. The van der Waals surface area contributed by atoms with E-state index in [1.165, 1.54) is 24.3 Å². The van der Waals surface area contributed by atoms with Crippen LogP contribution in [0.15, 0.2) is 48.5 Å². The molecule has 0 aliphatic rings. The molecule has 2 amide bonds. The molecule has 0 aromatic heterocycles. The number of nitro benzene ring substituents is 1. The average Bonchev–Trinajstić information content (AvgIpc) is 2.70. The number of rotatable bonds is 9. The van der Waals surface area contributed by atoms with Crippen molar-refractivity contribution >= 4 is 28.9 Å². The summed E-state index contributed by atoms with van der Waals surface area (Å²) < 4.78 is 0. The highest BCUT2D eigenvalue weighted by Crippen LogP contribution is 2.17. The molecular weight excluding hydrogens is 360 g/mol. The fourth-order valence-corrected chi connectivity index (χ4v) is 2.69. The summed E-state index contributed by atoms with van der Waals surface area (Å²) in [6.45, 7) is 6.17. The monoisotopic (exact) mass is 384 g/mol. The Kier molecular flexibility index (Phi) is 7.50. The zero-order valence-corrected chi connectivity index (χ0v) is 16.0. The largest absolute Gasteiger partial charge is 0.372 e. The number of carbonyl (C=O) groups is 2. The molecule has 8 nitrogen and oxygen atoms in total. The van der Waals surface area contributed by atoms with Gasteiger partial charge in [0.25, 0.3) is 11.6 Å². The molecule has 2 aromatic rings. The second-order valence-electron chi connectivity index (χ2n) is 6.08. The topological polar surface area (TPSA) is 105 Å². The van der Waals surface area contributed by atoms with E-state index < -0.39 is 4.92 Å². The predicted octanol–water partition coefficient (Wildman–Crippen LogP) is 3.20. The van der Waals surface area contributed by atoms with E-state index in [0.29, 0.717) is 11.3 Å². The summed E-state index contributed by atoms with van der Waals surface area (Å²) >= 11 is 0. The van der Waals surface area contributed by atoms with Crippen LogP contribution in [0.4, 0.5) is 17.1 Å². The number of nitro groups is 1. The number of benzene rings is 2. The first kappa shape index (κ1) is 20.9. The first-order valence-corrected chi connectivity index (χ1v) is 9.12. The van der Waals surface area contributed by atoms with E-state index in [2.05, 4.69) is 29.4 Å². The maximum atomic E-state index is 12.0. The van der Waals surface area contributed by atoms with E-state index in [-0.39, 0.29) is 30.5 Å². The lowest BCUT2D eigenvalue weighted by Gasteiger charge is -2.21. The zero-order chi connectivity index (χ0) is 20.5. The second kappa shape index (κ2) is 10.1. The van der Waals surface area contributed by atoms with Gasteiger partial charge in [-0.05, 0) is 50.2 Å². The number of nitrogens with zero attached hydrogens (tertiary/aromatic N) is 2. The van der Waals surface area contributed by atoms with Gasteiger partial charge in [0.15, 0.2) is 0 Å². The molecule has 0 radical (unpaired) electrons.